The first-order valence-electron chi connectivity index (χ1n) is 5.24. The highest BCUT2D eigenvalue weighted by Crippen LogP contribution is 2.27. The molecule has 0 radical (unpaired) electrons. The fourth-order valence-corrected chi connectivity index (χ4v) is 2.14. The summed E-state index contributed by atoms with van der Waals surface area (Å²) in [5.41, 5.74) is 6.71. The van der Waals surface area contributed by atoms with E-state index >= 15 is 0 Å². The molecule has 2 rings (SSSR count). The summed E-state index contributed by atoms with van der Waals surface area (Å²) >= 11 is 5.86. The Balaban J connectivity index is 2.36. The average molecular weight is 256 g/mol. The van der Waals surface area contributed by atoms with Crippen LogP contribution in [-0.2, 0) is 0 Å². The van der Waals surface area contributed by atoms with Gasteiger partial charge in [0.1, 0.15) is 5.84 Å². The van der Waals surface area contributed by atoms with Crippen LogP contribution < -0.4 is 10.6 Å². The van der Waals surface area contributed by atoms with E-state index in [-0.39, 0.29) is 5.84 Å². The molecule has 0 saturated carbocycles. The minimum absolute atomic E-state index is 0.0848. The molecule has 5 N–H and O–H groups in total. The zero-order valence-electron chi connectivity index (χ0n) is 9.10. The van der Waals surface area contributed by atoms with Crippen molar-refractivity contribution in [2.75, 3.05) is 18.0 Å². The van der Waals surface area contributed by atoms with Crippen molar-refractivity contribution in [1.82, 2.24) is 0 Å². The highest BCUT2D eigenvalue weighted by molar-refractivity contribution is 6.31. The van der Waals surface area contributed by atoms with Crippen molar-refractivity contribution >= 4 is 23.1 Å². The number of halogens is 1. The van der Waals surface area contributed by atoms with E-state index in [2.05, 4.69) is 0 Å². The summed E-state index contributed by atoms with van der Waals surface area (Å²) in [5, 5.41) is 27.0. The number of aliphatic hydroxyl groups excluding tert-OH is 2. The molecule has 0 spiro atoms. The number of β-amino-alcohol motifs (C(OH)–C–C–N with tert-alkyl or cyclic N) is 2. The van der Waals surface area contributed by atoms with Gasteiger partial charge in [-0.05, 0) is 18.2 Å². The van der Waals surface area contributed by atoms with Gasteiger partial charge in [-0.3, -0.25) is 5.41 Å². The molecule has 0 aromatic heterocycles. The second-order valence-corrected chi connectivity index (χ2v) is 4.55. The van der Waals surface area contributed by atoms with Crippen molar-refractivity contribution in [1.29, 1.82) is 5.41 Å². The van der Waals surface area contributed by atoms with Gasteiger partial charge in [0, 0.05) is 29.4 Å². The van der Waals surface area contributed by atoms with Gasteiger partial charge in [-0.25, -0.2) is 0 Å². The van der Waals surface area contributed by atoms with Gasteiger partial charge in [-0.15, -0.1) is 0 Å². The van der Waals surface area contributed by atoms with E-state index in [1.165, 1.54) is 0 Å². The Morgan fingerprint density at radius 3 is 2.47 bits per heavy atom. The van der Waals surface area contributed by atoms with Crippen LogP contribution in [-0.4, -0.2) is 41.3 Å². The number of anilines is 1. The van der Waals surface area contributed by atoms with E-state index in [1.807, 2.05) is 0 Å². The van der Waals surface area contributed by atoms with Crippen LogP contribution in [0.5, 0.6) is 0 Å². The van der Waals surface area contributed by atoms with Gasteiger partial charge >= 0.3 is 0 Å². The van der Waals surface area contributed by atoms with Crippen molar-refractivity contribution in [2.45, 2.75) is 12.2 Å². The van der Waals surface area contributed by atoms with Crippen LogP contribution in [0.2, 0.25) is 5.02 Å². The highest BCUT2D eigenvalue weighted by Gasteiger charge is 2.30. The number of nitrogens with zero attached hydrogens (tertiary/aromatic N) is 1. The van der Waals surface area contributed by atoms with Gasteiger partial charge in [-0.2, -0.15) is 0 Å². The number of nitrogen functional groups attached to an aromatic ring is 1. The summed E-state index contributed by atoms with van der Waals surface area (Å²) < 4.78 is 0. The molecule has 1 fully saturated rings. The molecule has 2 unspecified atom stereocenters. The summed E-state index contributed by atoms with van der Waals surface area (Å²) in [5.74, 6) is -0.0848. The van der Waals surface area contributed by atoms with Crippen LogP contribution in [0.1, 0.15) is 5.56 Å². The summed E-state index contributed by atoms with van der Waals surface area (Å²) in [7, 11) is 0. The Morgan fingerprint density at radius 2 is 1.94 bits per heavy atom. The zero-order valence-corrected chi connectivity index (χ0v) is 9.85. The summed E-state index contributed by atoms with van der Waals surface area (Å²) in [4.78, 5) is 1.79. The maximum Gasteiger partial charge on any atom is 0.124 e. The number of amidine groups is 1. The molecule has 92 valence electrons. The number of hydrogen-bond acceptors (Lipinski definition) is 4. The normalized spacial score (nSPS) is 24.1. The second-order valence-electron chi connectivity index (χ2n) is 4.11. The molecule has 1 saturated heterocycles. The highest BCUT2D eigenvalue weighted by atomic mass is 35.5. The van der Waals surface area contributed by atoms with Gasteiger partial charge in [0.15, 0.2) is 0 Å². The van der Waals surface area contributed by atoms with E-state index in [4.69, 9.17) is 22.7 Å². The number of nitrogens with two attached hydrogens (primary N) is 1. The molecule has 1 aromatic rings. The summed E-state index contributed by atoms with van der Waals surface area (Å²) in [6.07, 6.45) is -1.55. The third kappa shape index (κ3) is 2.36. The first-order chi connectivity index (χ1) is 7.99. The van der Waals surface area contributed by atoms with Crippen molar-refractivity contribution in [3.8, 4) is 0 Å². The molecule has 17 heavy (non-hydrogen) atoms. The maximum absolute atomic E-state index is 9.51. The van der Waals surface area contributed by atoms with Crippen molar-refractivity contribution < 1.29 is 10.2 Å². The monoisotopic (exact) mass is 255 g/mol. The number of rotatable bonds is 2. The summed E-state index contributed by atoms with van der Waals surface area (Å²) in [6, 6.07) is 5.04. The molecule has 0 aliphatic carbocycles. The summed E-state index contributed by atoms with van der Waals surface area (Å²) in [6.45, 7) is 0.645. The van der Waals surface area contributed by atoms with E-state index in [0.717, 1.165) is 0 Å². The first kappa shape index (κ1) is 12.2. The standard InChI is InChI=1S/C11H14ClN3O2/c12-6-1-2-8(7(3-6)11(13)14)15-4-9(16)10(17)5-15/h1-3,9-10,16-17H,4-5H2,(H3,13,14). The lowest BCUT2D eigenvalue weighted by atomic mass is 10.1. The van der Waals surface area contributed by atoms with Crippen LogP contribution >= 0.6 is 11.6 Å². The smallest absolute Gasteiger partial charge is 0.124 e. The molecule has 1 aromatic carbocycles. The Hall–Kier alpha value is -1.30. The van der Waals surface area contributed by atoms with Gasteiger partial charge in [0.05, 0.1) is 12.2 Å². The number of nitrogens with one attached hydrogen (secondary N) is 1. The Morgan fingerprint density at radius 1 is 1.35 bits per heavy atom. The number of hydrogen-bond donors (Lipinski definition) is 4. The SMILES string of the molecule is N=C(N)c1cc(Cl)ccc1N1CC(O)C(O)C1. The van der Waals surface area contributed by atoms with E-state index in [9.17, 15) is 10.2 Å². The van der Waals surface area contributed by atoms with Gasteiger partial charge < -0.3 is 20.8 Å². The molecule has 0 amide bonds. The molecule has 1 aliphatic rings. The lowest BCUT2D eigenvalue weighted by Gasteiger charge is -2.21. The zero-order chi connectivity index (χ0) is 12.6. The largest absolute Gasteiger partial charge is 0.389 e. The van der Waals surface area contributed by atoms with Gasteiger partial charge in [0.2, 0.25) is 0 Å². The predicted octanol–water partition coefficient (Wildman–Crippen LogP) is 0.166. The van der Waals surface area contributed by atoms with Crippen molar-refractivity contribution in [3.05, 3.63) is 28.8 Å². The van der Waals surface area contributed by atoms with Crippen molar-refractivity contribution in [3.63, 3.8) is 0 Å². The van der Waals surface area contributed by atoms with Gasteiger partial charge in [-0.1, -0.05) is 11.6 Å². The molecule has 1 aliphatic heterocycles. The lowest BCUT2D eigenvalue weighted by molar-refractivity contribution is 0.0572. The minimum atomic E-state index is -0.773. The molecule has 1 heterocycles. The van der Waals surface area contributed by atoms with E-state index in [1.54, 1.807) is 23.1 Å². The fourth-order valence-electron chi connectivity index (χ4n) is 1.97. The molecular weight excluding hydrogens is 242 g/mol. The van der Waals surface area contributed by atoms with E-state index < -0.39 is 12.2 Å². The first-order valence-corrected chi connectivity index (χ1v) is 5.62. The Kier molecular flexibility index (Phi) is 3.24. The minimum Gasteiger partial charge on any atom is -0.389 e. The van der Waals surface area contributed by atoms with Crippen LogP contribution in [0.3, 0.4) is 0 Å². The Labute approximate surface area is 104 Å². The number of benzene rings is 1. The van der Waals surface area contributed by atoms with Crippen LogP contribution in [0.15, 0.2) is 18.2 Å². The van der Waals surface area contributed by atoms with Crippen LogP contribution in [0, 0.1) is 5.41 Å². The fraction of sp³-hybridized carbons (Fsp3) is 0.364. The van der Waals surface area contributed by atoms with Crippen LogP contribution in [0.25, 0.3) is 0 Å². The number of aliphatic hydroxyl groups is 2. The quantitative estimate of drug-likeness (QED) is 0.448. The van der Waals surface area contributed by atoms with Gasteiger partial charge in [0.25, 0.3) is 0 Å². The topological polar surface area (TPSA) is 93.6 Å². The molecule has 0 bridgehead atoms. The average Bonchev–Trinajstić information content (AvgIpc) is 2.59. The lowest BCUT2D eigenvalue weighted by Crippen LogP contribution is -2.25. The van der Waals surface area contributed by atoms with Crippen LogP contribution in [0.4, 0.5) is 5.69 Å². The molecule has 5 nitrogen and oxygen atoms in total. The third-order valence-electron chi connectivity index (χ3n) is 2.85. The van der Waals surface area contributed by atoms with E-state index in [0.29, 0.717) is 29.4 Å². The molecule has 6 heteroatoms. The molecule has 2 atom stereocenters. The molecular formula is C11H14ClN3O2. The maximum atomic E-state index is 9.51. The Bertz CT molecular complexity index is 442. The van der Waals surface area contributed by atoms with Crippen molar-refractivity contribution in [2.24, 2.45) is 5.73 Å². The predicted molar refractivity (Wildman–Crippen MR) is 66.7 cm³/mol. The second kappa shape index (κ2) is 4.52. The third-order valence-corrected chi connectivity index (χ3v) is 3.08.